The summed E-state index contributed by atoms with van der Waals surface area (Å²) in [5.74, 6) is 0. The summed E-state index contributed by atoms with van der Waals surface area (Å²) in [5, 5.41) is 10.7. The Hall–Kier alpha value is -1.42. The van der Waals surface area contributed by atoms with E-state index in [4.69, 9.17) is 5.73 Å². The third-order valence-electron chi connectivity index (χ3n) is 1.97. The molecule has 4 nitrogen and oxygen atoms in total. The Bertz CT molecular complexity index is 405. The van der Waals surface area contributed by atoms with Crippen LogP contribution < -0.4 is 5.73 Å². The Labute approximate surface area is 76.1 Å². The Morgan fingerprint density at radius 2 is 2.31 bits per heavy atom. The van der Waals surface area contributed by atoms with Crippen LogP contribution in [0.25, 0.3) is 11.0 Å². The van der Waals surface area contributed by atoms with Crippen molar-refractivity contribution in [3.8, 4) is 0 Å². The van der Waals surface area contributed by atoms with Crippen LogP contribution in [0.15, 0.2) is 18.2 Å². The predicted octanol–water partition coefficient (Wildman–Crippen LogP) is 0.848. The van der Waals surface area contributed by atoms with Gasteiger partial charge in [-0.25, -0.2) is 0 Å². The van der Waals surface area contributed by atoms with Crippen LogP contribution in [0, 0.1) is 0 Å². The number of hydrogen-bond donors (Lipinski definition) is 2. The Morgan fingerprint density at radius 3 is 3.08 bits per heavy atom. The van der Waals surface area contributed by atoms with Gasteiger partial charge in [-0.3, -0.25) is 0 Å². The topological polar surface area (TPSA) is 67.6 Å². The molecule has 0 aliphatic rings. The molecular weight excluding hydrogens is 164 g/mol. The summed E-state index contributed by atoms with van der Waals surface area (Å²) in [5.41, 5.74) is 8.71. The Morgan fingerprint density at radius 1 is 1.46 bits per heavy atom. The number of hydrogen-bond acceptors (Lipinski definition) is 3. The molecule has 13 heavy (non-hydrogen) atoms. The molecular formula is C9H12N4. The first-order valence-corrected chi connectivity index (χ1v) is 4.31. The molecule has 0 saturated carbocycles. The normalized spacial score (nSPS) is 13.4. The molecule has 1 unspecified atom stereocenters. The molecule has 0 amide bonds. The smallest absolute Gasteiger partial charge is 0.116 e. The summed E-state index contributed by atoms with van der Waals surface area (Å²) in [6.45, 7) is 1.99. The number of para-hydroxylation sites is 1. The van der Waals surface area contributed by atoms with Gasteiger partial charge in [0, 0.05) is 6.04 Å². The average Bonchev–Trinajstić information content (AvgIpc) is 2.51. The van der Waals surface area contributed by atoms with Crippen LogP contribution in [-0.2, 0) is 6.42 Å². The van der Waals surface area contributed by atoms with E-state index in [1.54, 1.807) is 0 Å². The quantitative estimate of drug-likeness (QED) is 0.712. The maximum absolute atomic E-state index is 5.73. The fraction of sp³-hybridized carbons (Fsp3) is 0.333. The van der Waals surface area contributed by atoms with E-state index >= 15 is 0 Å². The van der Waals surface area contributed by atoms with Gasteiger partial charge in [-0.2, -0.15) is 15.4 Å². The Kier molecular flexibility index (Phi) is 1.98. The average molecular weight is 176 g/mol. The van der Waals surface area contributed by atoms with Crippen LogP contribution in [0.4, 0.5) is 0 Å². The first-order chi connectivity index (χ1) is 6.27. The number of aromatic amines is 1. The third-order valence-corrected chi connectivity index (χ3v) is 1.97. The molecule has 0 aliphatic carbocycles. The molecule has 0 spiro atoms. The van der Waals surface area contributed by atoms with E-state index in [0.717, 1.165) is 23.0 Å². The molecule has 1 heterocycles. The van der Waals surface area contributed by atoms with Crippen LogP contribution >= 0.6 is 0 Å². The van der Waals surface area contributed by atoms with E-state index in [1.807, 2.05) is 25.1 Å². The summed E-state index contributed by atoms with van der Waals surface area (Å²) in [4.78, 5) is 0. The lowest BCUT2D eigenvalue weighted by Gasteiger charge is -2.04. The lowest BCUT2D eigenvalue weighted by atomic mass is 10.1. The van der Waals surface area contributed by atoms with Crippen molar-refractivity contribution in [1.82, 2.24) is 15.4 Å². The summed E-state index contributed by atoms with van der Waals surface area (Å²) < 4.78 is 0. The SMILES string of the molecule is CC(N)Cc1cccc2n[nH]nc12. The number of aromatic nitrogens is 3. The molecule has 0 fully saturated rings. The first-order valence-electron chi connectivity index (χ1n) is 4.31. The van der Waals surface area contributed by atoms with Gasteiger partial charge in [0.15, 0.2) is 0 Å². The van der Waals surface area contributed by atoms with Crippen molar-refractivity contribution in [1.29, 1.82) is 0 Å². The molecule has 4 heteroatoms. The maximum atomic E-state index is 5.73. The molecule has 1 aromatic heterocycles. The molecule has 1 atom stereocenters. The summed E-state index contributed by atoms with van der Waals surface area (Å²) in [6.07, 6.45) is 0.837. The van der Waals surface area contributed by atoms with E-state index in [9.17, 15) is 0 Å². The second-order valence-electron chi connectivity index (χ2n) is 3.29. The number of benzene rings is 1. The molecule has 2 rings (SSSR count). The number of fused-ring (bicyclic) bond motifs is 1. The van der Waals surface area contributed by atoms with Crippen molar-refractivity contribution in [2.45, 2.75) is 19.4 Å². The van der Waals surface area contributed by atoms with Gasteiger partial charge in [-0.15, -0.1) is 0 Å². The van der Waals surface area contributed by atoms with Gasteiger partial charge in [0.05, 0.1) is 0 Å². The minimum absolute atomic E-state index is 0.155. The van der Waals surface area contributed by atoms with Gasteiger partial charge in [0.2, 0.25) is 0 Å². The Balaban J connectivity index is 2.48. The minimum Gasteiger partial charge on any atom is -0.328 e. The van der Waals surface area contributed by atoms with Crippen molar-refractivity contribution in [2.24, 2.45) is 5.73 Å². The molecule has 1 aromatic carbocycles. The van der Waals surface area contributed by atoms with E-state index in [-0.39, 0.29) is 6.04 Å². The van der Waals surface area contributed by atoms with Gasteiger partial charge in [0.25, 0.3) is 0 Å². The highest BCUT2D eigenvalue weighted by atomic mass is 15.3. The number of nitrogens with two attached hydrogens (primary N) is 1. The highest BCUT2D eigenvalue weighted by Gasteiger charge is 2.05. The van der Waals surface area contributed by atoms with E-state index < -0.39 is 0 Å². The molecule has 0 bridgehead atoms. The van der Waals surface area contributed by atoms with Crippen molar-refractivity contribution in [3.63, 3.8) is 0 Å². The second kappa shape index (κ2) is 3.14. The first kappa shape index (κ1) is 8.19. The van der Waals surface area contributed by atoms with E-state index in [2.05, 4.69) is 15.4 Å². The van der Waals surface area contributed by atoms with E-state index in [1.165, 1.54) is 0 Å². The fourth-order valence-corrected chi connectivity index (χ4v) is 1.44. The molecule has 68 valence electrons. The molecule has 2 aromatic rings. The van der Waals surface area contributed by atoms with Gasteiger partial charge < -0.3 is 5.73 Å². The van der Waals surface area contributed by atoms with Crippen molar-refractivity contribution in [2.75, 3.05) is 0 Å². The van der Waals surface area contributed by atoms with Gasteiger partial charge in [0.1, 0.15) is 11.0 Å². The number of nitrogens with zero attached hydrogens (tertiary/aromatic N) is 2. The van der Waals surface area contributed by atoms with Gasteiger partial charge >= 0.3 is 0 Å². The predicted molar refractivity (Wildman–Crippen MR) is 51.2 cm³/mol. The second-order valence-corrected chi connectivity index (χ2v) is 3.29. The summed E-state index contributed by atoms with van der Waals surface area (Å²) in [7, 11) is 0. The molecule has 0 aliphatic heterocycles. The largest absolute Gasteiger partial charge is 0.328 e. The third kappa shape index (κ3) is 1.53. The maximum Gasteiger partial charge on any atom is 0.116 e. The monoisotopic (exact) mass is 176 g/mol. The summed E-state index contributed by atoms with van der Waals surface area (Å²) >= 11 is 0. The van der Waals surface area contributed by atoms with Gasteiger partial charge in [-0.1, -0.05) is 12.1 Å². The zero-order valence-corrected chi connectivity index (χ0v) is 7.49. The molecule has 3 N–H and O–H groups in total. The zero-order valence-electron chi connectivity index (χ0n) is 7.49. The van der Waals surface area contributed by atoms with E-state index in [0.29, 0.717) is 0 Å². The zero-order chi connectivity index (χ0) is 9.26. The lowest BCUT2D eigenvalue weighted by molar-refractivity contribution is 0.740. The molecule has 0 radical (unpaired) electrons. The van der Waals surface area contributed by atoms with Crippen LogP contribution in [0.3, 0.4) is 0 Å². The molecule has 0 saturated heterocycles. The number of H-pyrrole nitrogens is 1. The lowest BCUT2D eigenvalue weighted by Crippen LogP contribution is -2.17. The number of nitrogens with one attached hydrogen (secondary N) is 1. The fourth-order valence-electron chi connectivity index (χ4n) is 1.44. The van der Waals surface area contributed by atoms with Crippen molar-refractivity contribution >= 4 is 11.0 Å². The van der Waals surface area contributed by atoms with Crippen LogP contribution in [0.2, 0.25) is 0 Å². The minimum atomic E-state index is 0.155. The summed E-state index contributed by atoms with van der Waals surface area (Å²) in [6, 6.07) is 6.10. The number of rotatable bonds is 2. The van der Waals surface area contributed by atoms with Crippen molar-refractivity contribution in [3.05, 3.63) is 23.8 Å². The van der Waals surface area contributed by atoms with Crippen LogP contribution in [0.1, 0.15) is 12.5 Å². The van der Waals surface area contributed by atoms with Gasteiger partial charge in [-0.05, 0) is 25.0 Å². The van der Waals surface area contributed by atoms with Crippen LogP contribution in [0.5, 0.6) is 0 Å². The van der Waals surface area contributed by atoms with Crippen molar-refractivity contribution < 1.29 is 0 Å². The highest BCUT2D eigenvalue weighted by molar-refractivity contribution is 5.77. The van der Waals surface area contributed by atoms with Crippen LogP contribution in [-0.4, -0.2) is 21.5 Å². The highest BCUT2D eigenvalue weighted by Crippen LogP contribution is 2.14. The standard InChI is InChI=1S/C9H12N4/c1-6(10)5-7-3-2-4-8-9(7)12-13-11-8/h2-4,6H,5,10H2,1H3,(H,11,12,13).